The molecule has 8 nitrogen and oxygen atoms in total. The summed E-state index contributed by atoms with van der Waals surface area (Å²) in [6.45, 7) is 3.19. The molecule has 1 fully saturated rings. The van der Waals surface area contributed by atoms with Crippen molar-refractivity contribution in [2.45, 2.75) is 19.8 Å². The molecule has 2 amide bonds. The van der Waals surface area contributed by atoms with Crippen molar-refractivity contribution in [3.8, 4) is 5.82 Å². The van der Waals surface area contributed by atoms with Gasteiger partial charge in [-0.25, -0.2) is 14.5 Å². The molecule has 0 unspecified atom stereocenters. The lowest BCUT2D eigenvalue weighted by Gasteiger charge is -2.30. The first-order valence-electron chi connectivity index (χ1n) is 8.36. The van der Waals surface area contributed by atoms with Crippen LogP contribution in [-0.4, -0.2) is 51.4 Å². The monoisotopic (exact) mass is 343 g/mol. The van der Waals surface area contributed by atoms with Gasteiger partial charge in [-0.05, 0) is 38.0 Å². The van der Waals surface area contributed by atoms with Crippen molar-refractivity contribution in [1.29, 1.82) is 0 Å². The van der Waals surface area contributed by atoms with Crippen LogP contribution in [0.3, 0.4) is 0 Å². The normalized spacial score (nSPS) is 15.0. The fraction of sp³-hybridized carbons (Fsp3) is 0.412. The van der Waals surface area contributed by atoms with E-state index in [1.165, 1.54) is 0 Å². The Morgan fingerprint density at radius 3 is 2.76 bits per heavy atom. The van der Waals surface area contributed by atoms with Crippen LogP contribution < -0.4 is 5.32 Å². The number of ether oxygens (including phenoxy) is 1. The Morgan fingerprint density at radius 2 is 2.08 bits per heavy atom. The van der Waals surface area contributed by atoms with E-state index in [0.29, 0.717) is 44.0 Å². The number of piperidine rings is 1. The van der Waals surface area contributed by atoms with Gasteiger partial charge in [0.2, 0.25) is 5.91 Å². The molecule has 2 aromatic heterocycles. The highest BCUT2D eigenvalue weighted by Gasteiger charge is 2.28. The number of carbonyl (C=O) groups excluding carboxylic acids is 2. The second-order valence-electron chi connectivity index (χ2n) is 5.77. The lowest BCUT2D eigenvalue weighted by molar-refractivity contribution is -0.121. The Hall–Kier alpha value is -2.90. The molecule has 3 rings (SSSR count). The zero-order valence-corrected chi connectivity index (χ0v) is 14.1. The number of rotatable bonds is 4. The van der Waals surface area contributed by atoms with Crippen LogP contribution in [-0.2, 0) is 9.53 Å². The first-order valence-corrected chi connectivity index (χ1v) is 8.36. The maximum atomic E-state index is 12.6. The molecule has 2 aromatic rings. The number of likely N-dealkylation sites (tertiary alicyclic amines) is 1. The quantitative estimate of drug-likeness (QED) is 0.918. The van der Waals surface area contributed by atoms with Crippen molar-refractivity contribution < 1.29 is 14.3 Å². The lowest BCUT2D eigenvalue weighted by atomic mass is 9.96. The van der Waals surface area contributed by atoms with Gasteiger partial charge in [0.1, 0.15) is 0 Å². The summed E-state index contributed by atoms with van der Waals surface area (Å²) in [7, 11) is 0. The minimum Gasteiger partial charge on any atom is -0.450 e. The molecule has 0 bridgehead atoms. The van der Waals surface area contributed by atoms with Crippen molar-refractivity contribution in [2.75, 3.05) is 25.0 Å². The van der Waals surface area contributed by atoms with Crippen LogP contribution in [0, 0.1) is 5.92 Å². The van der Waals surface area contributed by atoms with Gasteiger partial charge < -0.3 is 15.0 Å². The molecule has 0 aromatic carbocycles. The number of pyridine rings is 1. The summed E-state index contributed by atoms with van der Waals surface area (Å²) >= 11 is 0. The molecule has 3 heterocycles. The third-order valence-electron chi connectivity index (χ3n) is 4.16. The molecular formula is C17H21N5O3. The number of hydrogen-bond acceptors (Lipinski definition) is 5. The molecule has 0 radical (unpaired) electrons. The molecule has 25 heavy (non-hydrogen) atoms. The minimum atomic E-state index is -0.311. The van der Waals surface area contributed by atoms with E-state index in [1.807, 2.05) is 0 Å². The van der Waals surface area contributed by atoms with Gasteiger partial charge in [-0.1, -0.05) is 0 Å². The minimum absolute atomic E-state index is 0.0649. The Balaban J connectivity index is 1.62. The summed E-state index contributed by atoms with van der Waals surface area (Å²) in [5.74, 6) is 0.367. The summed E-state index contributed by atoms with van der Waals surface area (Å²) in [5, 5.41) is 7.10. The van der Waals surface area contributed by atoms with Crippen molar-refractivity contribution >= 4 is 17.7 Å². The number of carbonyl (C=O) groups is 2. The van der Waals surface area contributed by atoms with Crippen molar-refractivity contribution in [3.63, 3.8) is 0 Å². The van der Waals surface area contributed by atoms with Crippen LogP contribution in [0.25, 0.3) is 5.82 Å². The average Bonchev–Trinajstić information content (AvgIpc) is 3.17. The van der Waals surface area contributed by atoms with E-state index in [-0.39, 0.29) is 17.9 Å². The standard InChI is InChI=1S/C17H21N5O3/c1-2-25-17(24)21-11-6-13(7-12-21)16(23)20-14-5-3-8-18-15(14)22-10-4-9-19-22/h3-5,8-10,13H,2,6-7,11-12H2,1H3,(H,20,23). The fourth-order valence-corrected chi connectivity index (χ4v) is 2.85. The smallest absolute Gasteiger partial charge is 0.409 e. The van der Waals surface area contributed by atoms with E-state index >= 15 is 0 Å². The van der Waals surface area contributed by atoms with Crippen molar-refractivity contribution in [3.05, 3.63) is 36.8 Å². The predicted octanol–water partition coefficient (Wildman–Crippen LogP) is 2.07. The summed E-state index contributed by atoms with van der Waals surface area (Å²) in [5.41, 5.74) is 0.615. The SMILES string of the molecule is CCOC(=O)N1CCC(C(=O)Nc2cccnc2-n2cccn2)CC1. The Bertz CT molecular complexity index is 724. The van der Waals surface area contributed by atoms with Crippen molar-refractivity contribution in [1.82, 2.24) is 19.7 Å². The first kappa shape index (κ1) is 16.9. The molecule has 1 saturated heterocycles. The Kier molecular flexibility index (Phi) is 5.27. The van der Waals surface area contributed by atoms with Gasteiger partial charge in [0.25, 0.3) is 0 Å². The van der Waals surface area contributed by atoms with Crippen LogP contribution in [0.4, 0.5) is 10.5 Å². The molecule has 1 aliphatic rings. The van der Waals surface area contributed by atoms with E-state index in [9.17, 15) is 9.59 Å². The first-order chi connectivity index (χ1) is 12.2. The molecule has 0 atom stereocenters. The largest absolute Gasteiger partial charge is 0.450 e. The summed E-state index contributed by atoms with van der Waals surface area (Å²) < 4.78 is 6.61. The zero-order valence-electron chi connectivity index (χ0n) is 14.1. The zero-order chi connectivity index (χ0) is 17.6. The van der Waals surface area contributed by atoms with Crippen molar-refractivity contribution in [2.24, 2.45) is 5.92 Å². The molecule has 0 spiro atoms. The van der Waals surface area contributed by atoms with Crippen LogP contribution in [0.5, 0.6) is 0 Å². The van der Waals surface area contributed by atoms with Gasteiger partial charge >= 0.3 is 6.09 Å². The predicted molar refractivity (Wildman–Crippen MR) is 91.3 cm³/mol. The summed E-state index contributed by atoms with van der Waals surface area (Å²) in [6.07, 6.45) is 6.00. The van der Waals surface area contributed by atoms with Gasteiger partial charge in [-0.2, -0.15) is 5.10 Å². The molecule has 0 aliphatic carbocycles. The third-order valence-corrected chi connectivity index (χ3v) is 4.16. The molecule has 132 valence electrons. The summed E-state index contributed by atoms with van der Waals surface area (Å²) in [4.78, 5) is 30.3. The van der Waals surface area contributed by atoms with Crippen LogP contribution in [0.15, 0.2) is 36.8 Å². The average molecular weight is 343 g/mol. The van der Waals surface area contributed by atoms with Gasteiger partial charge in [0.05, 0.1) is 12.3 Å². The van der Waals surface area contributed by atoms with E-state index in [0.717, 1.165) is 0 Å². The van der Waals surface area contributed by atoms with Gasteiger partial charge in [-0.15, -0.1) is 0 Å². The van der Waals surface area contributed by atoms with Gasteiger partial charge in [-0.3, -0.25) is 4.79 Å². The highest BCUT2D eigenvalue weighted by molar-refractivity contribution is 5.94. The number of nitrogens with zero attached hydrogens (tertiary/aromatic N) is 4. The highest BCUT2D eigenvalue weighted by Crippen LogP contribution is 2.22. The molecular weight excluding hydrogens is 322 g/mol. The molecule has 0 saturated carbocycles. The summed E-state index contributed by atoms with van der Waals surface area (Å²) in [6, 6.07) is 5.37. The lowest BCUT2D eigenvalue weighted by Crippen LogP contribution is -2.41. The molecule has 1 aliphatic heterocycles. The van der Waals surface area contributed by atoms with E-state index in [4.69, 9.17) is 4.74 Å². The van der Waals surface area contributed by atoms with Crippen LogP contribution >= 0.6 is 0 Å². The number of amides is 2. The highest BCUT2D eigenvalue weighted by atomic mass is 16.6. The number of aromatic nitrogens is 3. The van der Waals surface area contributed by atoms with Crippen LogP contribution in [0.1, 0.15) is 19.8 Å². The Morgan fingerprint density at radius 1 is 1.28 bits per heavy atom. The maximum Gasteiger partial charge on any atom is 0.409 e. The molecule has 1 N–H and O–H groups in total. The molecule has 8 heteroatoms. The fourth-order valence-electron chi connectivity index (χ4n) is 2.85. The van der Waals surface area contributed by atoms with E-state index < -0.39 is 0 Å². The Labute approximate surface area is 145 Å². The second kappa shape index (κ2) is 7.78. The van der Waals surface area contributed by atoms with Crippen LogP contribution in [0.2, 0.25) is 0 Å². The number of anilines is 1. The van der Waals surface area contributed by atoms with E-state index in [2.05, 4.69) is 15.4 Å². The van der Waals surface area contributed by atoms with Gasteiger partial charge in [0, 0.05) is 37.6 Å². The topological polar surface area (TPSA) is 89.4 Å². The number of hydrogen-bond donors (Lipinski definition) is 1. The van der Waals surface area contributed by atoms with E-state index in [1.54, 1.807) is 53.3 Å². The third kappa shape index (κ3) is 3.96. The second-order valence-corrected chi connectivity index (χ2v) is 5.77. The van der Waals surface area contributed by atoms with Gasteiger partial charge in [0.15, 0.2) is 5.82 Å². The maximum absolute atomic E-state index is 12.6. The number of nitrogens with one attached hydrogen (secondary N) is 1.